The Morgan fingerprint density at radius 3 is 3.06 bits per heavy atom. The first-order valence-corrected chi connectivity index (χ1v) is 5.62. The smallest absolute Gasteiger partial charge is 0.296 e. The maximum absolute atomic E-state index is 4.33. The SMILES string of the molecule is CCCc1[nH]cc[n+]1-c1ncnc2nc[nH]c12. The molecule has 0 aliphatic heterocycles. The average Bonchev–Trinajstić information content (AvgIpc) is 2.96. The summed E-state index contributed by atoms with van der Waals surface area (Å²) in [6, 6.07) is 0. The molecular weight excluding hydrogens is 216 g/mol. The maximum Gasteiger partial charge on any atom is 0.296 e. The molecule has 0 amide bonds. The predicted molar refractivity (Wildman–Crippen MR) is 61.6 cm³/mol. The number of H-pyrrole nitrogens is 2. The van der Waals surface area contributed by atoms with Gasteiger partial charge in [-0.15, -0.1) is 0 Å². The van der Waals surface area contributed by atoms with Crippen molar-refractivity contribution >= 4 is 11.2 Å². The van der Waals surface area contributed by atoms with Crippen LogP contribution in [0, 0.1) is 0 Å². The van der Waals surface area contributed by atoms with Crippen molar-refractivity contribution in [3.63, 3.8) is 0 Å². The highest BCUT2D eigenvalue weighted by atomic mass is 15.2. The highest BCUT2D eigenvalue weighted by Gasteiger charge is 2.17. The summed E-state index contributed by atoms with van der Waals surface area (Å²) in [6.07, 6.45) is 9.11. The Morgan fingerprint density at radius 1 is 1.24 bits per heavy atom. The van der Waals surface area contributed by atoms with Crippen LogP contribution in [0.25, 0.3) is 17.0 Å². The van der Waals surface area contributed by atoms with Gasteiger partial charge in [0.2, 0.25) is 5.82 Å². The molecule has 17 heavy (non-hydrogen) atoms. The zero-order chi connectivity index (χ0) is 11.7. The summed E-state index contributed by atoms with van der Waals surface area (Å²) >= 11 is 0. The Labute approximate surface area is 97.8 Å². The summed E-state index contributed by atoms with van der Waals surface area (Å²) in [7, 11) is 0. The van der Waals surface area contributed by atoms with Crippen LogP contribution in [-0.2, 0) is 6.42 Å². The third kappa shape index (κ3) is 1.57. The molecule has 0 bridgehead atoms. The van der Waals surface area contributed by atoms with E-state index in [1.165, 1.54) is 6.33 Å². The molecule has 6 heteroatoms. The van der Waals surface area contributed by atoms with Gasteiger partial charge in [0.05, 0.1) is 12.5 Å². The summed E-state index contributed by atoms with van der Waals surface area (Å²) in [4.78, 5) is 18.9. The zero-order valence-corrected chi connectivity index (χ0v) is 9.51. The van der Waals surface area contributed by atoms with Crippen LogP contribution in [0.2, 0.25) is 0 Å². The molecule has 3 aromatic rings. The van der Waals surface area contributed by atoms with Crippen molar-refractivity contribution in [3.8, 4) is 5.82 Å². The number of rotatable bonds is 3. The van der Waals surface area contributed by atoms with Crippen LogP contribution < -0.4 is 4.57 Å². The molecule has 0 spiro atoms. The minimum Gasteiger partial charge on any atom is -0.338 e. The zero-order valence-electron chi connectivity index (χ0n) is 9.51. The summed E-state index contributed by atoms with van der Waals surface area (Å²) < 4.78 is 2.03. The van der Waals surface area contributed by atoms with E-state index < -0.39 is 0 Å². The predicted octanol–water partition coefficient (Wildman–Crippen LogP) is 0.910. The van der Waals surface area contributed by atoms with Gasteiger partial charge in [0.1, 0.15) is 6.20 Å². The number of aromatic nitrogens is 6. The van der Waals surface area contributed by atoms with Gasteiger partial charge >= 0.3 is 0 Å². The molecule has 0 radical (unpaired) electrons. The summed E-state index contributed by atoms with van der Waals surface area (Å²) in [5.41, 5.74) is 1.54. The van der Waals surface area contributed by atoms with Crippen LogP contribution in [0.4, 0.5) is 0 Å². The number of aryl methyl sites for hydroxylation is 1. The van der Waals surface area contributed by atoms with Crippen LogP contribution in [0.3, 0.4) is 0 Å². The van der Waals surface area contributed by atoms with Crippen molar-refractivity contribution in [1.29, 1.82) is 0 Å². The van der Waals surface area contributed by atoms with Crippen LogP contribution in [0.15, 0.2) is 25.0 Å². The van der Waals surface area contributed by atoms with Crippen molar-refractivity contribution < 1.29 is 4.57 Å². The number of nitrogens with zero attached hydrogens (tertiary/aromatic N) is 4. The summed E-state index contributed by atoms with van der Waals surface area (Å²) in [5.74, 6) is 1.96. The lowest BCUT2D eigenvalue weighted by atomic mass is 10.3. The quantitative estimate of drug-likeness (QED) is 0.655. The molecule has 0 aromatic carbocycles. The van der Waals surface area contributed by atoms with Gasteiger partial charge < -0.3 is 4.98 Å². The Morgan fingerprint density at radius 2 is 2.18 bits per heavy atom. The van der Waals surface area contributed by atoms with Gasteiger partial charge in [-0.1, -0.05) is 11.9 Å². The lowest BCUT2D eigenvalue weighted by molar-refractivity contribution is -0.605. The van der Waals surface area contributed by atoms with Crippen LogP contribution in [-0.4, -0.2) is 24.9 Å². The summed E-state index contributed by atoms with van der Waals surface area (Å²) in [6.45, 7) is 2.15. The first-order chi connectivity index (χ1) is 8.40. The van der Waals surface area contributed by atoms with Crippen molar-refractivity contribution in [2.45, 2.75) is 19.8 Å². The van der Waals surface area contributed by atoms with Crippen LogP contribution >= 0.6 is 0 Å². The van der Waals surface area contributed by atoms with E-state index in [2.05, 4.69) is 31.8 Å². The van der Waals surface area contributed by atoms with E-state index in [0.717, 1.165) is 30.0 Å². The molecule has 0 saturated heterocycles. The third-order valence-corrected chi connectivity index (χ3v) is 2.68. The van der Waals surface area contributed by atoms with E-state index in [4.69, 9.17) is 0 Å². The number of hydrogen-bond acceptors (Lipinski definition) is 3. The Kier molecular flexibility index (Phi) is 2.32. The van der Waals surface area contributed by atoms with E-state index in [-0.39, 0.29) is 0 Å². The van der Waals surface area contributed by atoms with Gasteiger partial charge in [-0.05, 0) is 6.42 Å². The molecule has 0 aliphatic carbocycles. The fourth-order valence-corrected chi connectivity index (χ4v) is 1.93. The number of fused-ring (bicyclic) bond motifs is 1. The topological polar surface area (TPSA) is 74.1 Å². The second kappa shape index (κ2) is 3.97. The minimum atomic E-state index is 0.686. The molecule has 86 valence electrons. The number of hydrogen-bond donors (Lipinski definition) is 2. The molecular formula is C11H13N6+. The average molecular weight is 229 g/mol. The van der Waals surface area contributed by atoms with Crippen molar-refractivity contribution in [1.82, 2.24) is 24.9 Å². The van der Waals surface area contributed by atoms with E-state index in [0.29, 0.717) is 5.65 Å². The second-order valence-corrected chi connectivity index (χ2v) is 3.83. The first kappa shape index (κ1) is 9.95. The molecule has 0 saturated carbocycles. The third-order valence-electron chi connectivity index (χ3n) is 2.68. The minimum absolute atomic E-state index is 0.686. The number of aromatic amines is 2. The molecule has 3 rings (SSSR count). The Hall–Kier alpha value is -2.24. The Bertz CT molecular complexity index is 638. The van der Waals surface area contributed by atoms with Gasteiger partial charge in [-0.3, -0.25) is 4.98 Å². The molecule has 3 aromatic heterocycles. The molecule has 2 N–H and O–H groups in total. The summed E-state index contributed by atoms with van der Waals surface area (Å²) in [5, 5.41) is 0. The van der Waals surface area contributed by atoms with E-state index in [9.17, 15) is 0 Å². The molecule has 0 aliphatic rings. The van der Waals surface area contributed by atoms with Crippen molar-refractivity contribution in [2.24, 2.45) is 0 Å². The fraction of sp³-hybridized carbons (Fsp3) is 0.273. The highest BCUT2D eigenvalue weighted by molar-refractivity contribution is 5.75. The Balaban J connectivity index is 2.20. The van der Waals surface area contributed by atoms with E-state index in [1.807, 2.05) is 17.0 Å². The number of imidazole rings is 2. The van der Waals surface area contributed by atoms with Crippen LogP contribution in [0.1, 0.15) is 19.2 Å². The van der Waals surface area contributed by atoms with Crippen LogP contribution in [0.5, 0.6) is 0 Å². The molecule has 6 nitrogen and oxygen atoms in total. The molecule has 0 unspecified atom stereocenters. The van der Waals surface area contributed by atoms with Gasteiger partial charge in [-0.25, -0.2) is 9.55 Å². The maximum atomic E-state index is 4.33. The molecule has 0 atom stereocenters. The second-order valence-electron chi connectivity index (χ2n) is 3.83. The number of nitrogens with one attached hydrogen (secondary N) is 2. The molecule has 0 fully saturated rings. The fourth-order valence-electron chi connectivity index (χ4n) is 1.93. The van der Waals surface area contributed by atoms with Crippen molar-refractivity contribution in [3.05, 3.63) is 30.9 Å². The highest BCUT2D eigenvalue weighted by Crippen LogP contribution is 2.09. The lowest BCUT2D eigenvalue weighted by Gasteiger charge is -1.98. The van der Waals surface area contributed by atoms with E-state index in [1.54, 1.807) is 6.33 Å². The van der Waals surface area contributed by atoms with Crippen molar-refractivity contribution in [2.75, 3.05) is 0 Å². The molecule has 3 heterocycles. The normalized spacial score (nSPS) is 11.1. The van der Waals surface area contributed by atoms with Gasteiger partial charge in [0.15, 0.2) is 17.5 Å². The monoisotopic (exact) mass is 229 g/mol. The van der Waals surface area contributed by atoms with Gasteiger partial charge in [0, 0.05) is 6.42 Å². The first-order valence-electron chi connectivity index (χ1n) is 5.62. The largest absolute Gasteiger partial charge is 0.338 e. The lowest BCUT2D eigenvalue weighted by Crippen LogP contribution is -2.34. The van der Waals surface area contributed by atoms with Gasteiger partial charge in [0.25, 0.3) is 5.82 Å². The van der Waals surface area contributed by atoms with Gasteiger partial charge in [-0.2, -0.15) is 4.98 Å². The standard InChI is InChI=1S/C11H12N6/c1-2-3-8-12-4-5-17(8)11-9-10(14-6-13-9)15-7-16-11/h4-7H,2-3H2,1H3,(H,13,14,15,16)/p+1. The van der Waals surface area contributed by atoms with E-state index >= 15 is 0 Å².